The van der Waals surface area contributed by atoms with E-state index in [1.807, 2.05) is 32.9 Å². The number of carbonyl (C=O) groups excluding carboxylic acids is 1. The van der Waals surface area contributed by atoms with Gasteiger partial charge in [-0.15, -0.1) is 0 Å². The number of carbonyl (C=O) groups is 1. The molecule has 1 amide bonds. The Hall–Kier alpha value is -2.30. The van der Waals surface area contributed by atoms with E-state index < -0.39 is 0 Å². The zero-order valence-corrected chi connectivity index (χ0v) is 12.8. The molecule has 1 rings (SSSR count). The van der Waals surface area contributed by atoms with Crippen molar-refractivity contribution in [1.82, 2.24) is 4.90 Å². The quantitative estimate of drug-likeness (QED) is 0.860. The van der Waals surface area contributed by atoms with Crippen molar-refractivity contribution in [2.75, 3.05) is 13.1 Å². The molecule has 0 bridgehead atoms. The van der Waals surface area contributed by atoms with Gasteiger partial charge in [-0.1, -0.05) is 11.8 Å². The Morgan fingerprint density at radius 1 is 1.38 bits per heavy atom. The molecular formula is C17H21N3O. The highest BCUT2D eigenvalue weighted by atomic mass is 16.2. The smallest absolute Gasteiger partial charge is 0.254 e. The van der Waals surface area contributed by atoms with E-state index in [0.29, 0.717) is 18.5 Å². The highest BCUT2D eigenvalue weighted by Gasteiger charge is 2.18. The van der Waals surface area contributed by atoms with Gasteiger partial charge in [0, 0.05) is 23.7 Å². The lowest BCUT2D eigenvalue weighted by Gasteiger charge is -2.26. The molecule has 0 aliphatic heterocycles. The maximum Gasteiger partial charge on any atom is 0.254 e. The number of aryl methyl sites for hydroxylation is 1. The minimum absolute atomic E-state index is 0.0462. The Balaban J connectivity index is 3.10. The van der Waals surface area contributed by atoms with Crippen molar-refractivity contribution >= 4 is 5.91 Å². The van der Waals surface area contributed by atoms with Gasteiger partial charge in [0.05, 0.1) is 19.0 Å². The van der Waals surface area contributed by atoms with Gasteiger partial charge in [-0.25, -0.2) is 0 Å². The van der Waals surface area contributed by atoms with Gasteiger partial charge < -0.3 is 10.6 Å². The Morgan fingerprint density at radius 2 is 2.10 bits per heavy atom. The Kier molecular flexibility index (Phi) is 6.46. The fourth-order valence-electron chi connectivity index (χ4n) is 2.06. The summed E-state index contributed by atoms with van der Waals surface area (Å²) in [5.74, 6) is 5.68. The first-order valence-corrected chi connectivity index (χ1v) is 6.98. The van der Waals surface area contributed by atoms with Crippen LogP contribution in [-0.2, 0) is 0 Å². The second-order valence-corrected chi connectivity index (χ2v) is 5.09. The minimum atomic E-state index is -0.0697. The molecule has 0 saturated carbocycles. The molecule has 1 aromatic carbocycles. The lowest BCUT2D eigenvalue weighted by Crippen LogP contribution is -2.37. The van der Waals surface area contributed by atoms with Crippen LogP contribution >= 0.6 is 0 Å². The number of nitriles is 1. The largest absolute Gasteiger partial charge is 0.335 e. The van der Waals surface area contributed by atoms with Gasteiger partial charge in [0.15, 0.2) is 0 Å². The summed E-state index contributed by atoms with van der Waals surface area (Å²) in [6.45, 7) is 6.54. The average molecular weight is 283 g/mol. The van der Waals surface area contributed by atoms with Crippen LogP contribution in [0.5, 0.6) is 0 Å². The number of nitrogens with zero attached hydrogens (tertiary/aromatic N) is 2. The maximum absolute atomic E-state index is 12.6. The van der Waals surface area contributed by atoms with Crippen LogP contribution in [0, 0.1) is 30.1 Å². The number of rotatable bonds is 4. The molecule has 0 atom stereocenters. The zero-order chi connectivity index (χ0) is 15.8. The van der Waals surface area contributed by atoms with Gasteiger partial charge >= 0.3 is 0 Å². The van der Waals surface area contributed by atoms with Crippen molar-refractivity contribution in [3.63, 3.8) is 0 Å². The predicted octanol–water partition coefficient (Wildman–Crippen LogP) is 2.07. The molecule has 0 aliphatic rings. The van der Waals surface area contributed by atoms with Crippen molar-refractivity contribution < 1.29 is 4.79 Å². The summed E-state index contributed by atoms with van der Waals surface area (Å²) in [5, 5.41) is 8.72. The summed E-state index contributed by atoms with van der Waals surface area (Å²) in [4.78, 5) is 14.3. The molecule has 4 nitrogen and oxygen atoms in total. The molecular weight excluding hydrogens is 262 g/mol. The van der Waals surface area contributed by atoms with E-state index in [2.05, 4.69) is 17.9 Å². The van der Waals surface area contributed by atoms with Gasteiger partial charge in [0.2, 0.25) is 0 Å². The van der Waals surface area contributed by atoms with Crippen molar-refractivity contribution in [2.24, 2.45) is 5.73 Å². The van der Waals surface area contributed by atoms with Gasteiger partial charge in [0.1, 0.15) is 0 Å². The van der Waals surface area contributed by atoms with Crippen LogP contribution in [-0.4, -0.2) is 29.9 Å². The monoisotopic (exact) mass is 283 g/mol. The van der Waals surface area contributed by atoms with E-state index in [9.17, 15) is 4.79 Å². The summed E-state index contributed by atoms with van der Waals surface area (Å²) in [6, 6.07) is 7.67. The number of amides is 1. The first kappa shape index (κ1) is 16.8. The molecule has 4 heteroatoms. The third-order valence-electron chi connectivity index (χ3n) is 3.01. The van der Waals surface area contributed by atoms with Gasteiger partial charge in [-0.05, 0) is 44.5 Å². The van der Waals surface area contributed by atoms with Crippen LogP contribution in [0.25, 0.3) is 0 Å². The topological polar surface area (TPSA) is 70.1 Å². The lowest BCUT2D eigenvalue weighted by atomic mass is 10.0. The van der Waals surface area contributed by atoms with Crippen LogP contribution in [0.15, 0.2) is 18.2 Å². The number of hydrogen-bond donors (Lipinski definition) is 1. The first-order valence-electron chi connectivity index (χ1n) is 6.98. The fourth-order valence-corrected chi connectivity index (χ4v) is 2.06. The molecule has 0 aromatic heterocycles. The zero-order valence-electron chi connectivity index (χ0n) is 12.8. The van der Waals surface area contributed by atoms with Crippen molar-refractivity contribution in [3.05, 3.63) is 34.9 Å². The van der Waals surface area contributed by atoms with Gasteiger partial charge in [0.25, 0.3) is 5.91 Å². The van der Waals surface area contributed by atoms with Crippen LogP contribution in [0.4, 0.5) is 0 Å². The third-order valence-corrected chi connectivity index (χ3v) is 3.01. The standard InChI is InChI=1S/C17H21N3O/c1-13(2)20(9-5-8-19)17(21)16-11-14(3)10-15(12-16)6-4-7-18/h10-13H,5,7,9,18H2,1-3H3. The van der Waals surface area contributed by atoms with Crippen molar-refractivity contribution in [2.45, 2.75) is 33.2 Å². The molecule has 0 unspecified atom stereocenters. The van der Waals surface area contributed by atoms with E-state index in [1.165, 1.54) is 0 Å². The van der Waals surface area contributed by atoms with Crippen LogP contribution < -0.4 is 5.73 Å². The maximum atomic E-state index is 12.6. The van der Waals surface area contributed by atoms with Crippen molar-refractivity contribution in [3.8, 4) is 17.9 Å². The van der Waals surface area contributed by atoms with Gasteiger partial charge in [-0.2, -0.15) is 5.26 Å². The SMILES string of the molecule is Cc1cc(C#CCN)cc(C(=O)N(CCC#N)C(C)C)c1. The highest BCUT2D eigenvalue weighted by Crippen LogP contribution is 2.14. The predicted molar refractivity (Wildman–Crippen MR) is 83.5 cm³/mol. The molecule has 0 aliphatic carbocycles. The fraction of sp³-hybridized carbons (Fsp3) is 0.412. The summed E-state index contributed by atoms with van der Waals surface area (Å²) in [5.41, 5.74) is 7.74. The molecule has 0 spiro atoms. The number of nitrogens with two attached hydrogens (primary N) is 1. The van der Waals surface area contributed by atoms with E-state index in [0.717, 1.165) is 11.1 Å². The molecule has 0 radical (unpaired) electrons. The Morgan fingerprint density at radius 3 is 2.67 bits per heavy atom. The minimum Gasteiger partial charge on any atom is -0.335 e. The first-order chi connectivity index (χ1) is 9.99. The molecule has 1 aromatic rings. The number of hydrogen-bond acceptors (Lipinski definition) is 3. The van der Waals surface area contributed by atoms with Gasteiger partial charge in [-0.3, -0.25) is 4.79 Å². The van der Waals surface area contributed by atoms with Crippen LogP contribution in [0.1, 0.15) is 41.8 Å². The molecule has 110 valence electrons. The average Bonchev–Trinajstić information content (AvgIpc) is 2.44. The summed E-state index contributed by atoms with van der Waals surface area (Å²) in [7, 11) is 0. The summed E-state index contributed by atoms with van der Waals surface area (Å²) in [6.07, 6.45) is 0.329. The molecule has 2 N–H and O–H groups in total. The molecule has 21 heavy (non-hydrogen) atoms. The van der Waals surface area contributed by atoms with E-state index in [4.69, 9.17) is 11.0 Å². The number of benzene rings is 1. The summed E-state index contributed by atoms with van der Waals surface area (Å²) < 4.78 is 0. The highest BCUT2D eigenvalue weighted by molar-refractivity contribution is 5.95. The van der Waals surface area contributed by atoms with Crippen LogP contribution in [0.3, 0.4) is 0 Å². The Labute approximate surface area is 126 Å². The summed E-state index contributed by atoms with van der Waals surface area (Å²) >= 11 is 0. The molecule has 0 fully saturated rings. The second kappa shape index (κ2) is 8.09. The normalized spacial score (nSPS) is 9.71. The molecule has 0 heterocycles. The van der Waals surface area contributed by atoms with E-state index in [1.54, 1.807) is 11.0 Å². The third kappa shape index (κ3) is 4.95. The Bertz CT molecular complexity index is 603. The van der Waals surface area contributed by atoms with E-state index in [-0.39, 0.29) is 18.5 Å². The molecule has 0 saturated heterocycles. The van der Waals surface area contributed by atoms with Crippen molar-refractivity contribution in [1.29, 1.82) is 5.26 Å². The van der Waals surface area contributed by atoms with E-state index >= 15 is 0 Å². The van der Waals surface area contributed by atoms with Crippen LogP contribution in [0.2, 0.25) is 0 Å². The lowest BCUT2D eigenvalue weighted by molar-refractivity contribution is 0.0710. The second-order valence-electron chi connectivity index (χ2n) is 5.09.